The van der Waals surface area contributed by atoms with E-state index >= 15 is 0 Å². The molecule has 0 radical (unpaired) electrons. The number of nitrogens with zero attached hydrogens (tertiary/aromatic N) is 2. The lowest BCUT2D eigenvalue weighted by atomic mass is 10.0. The molecule has 28 heavy (non-hydrogen) atoms. The molecule has 4 rings (SSSR count). The maximum absolute atomic E-state index is 12.2. The van der Waals surface area contributed by atoms with Gasteiger partial charge in [0.15, 0.2) is 0 Å². The first kappa shape index (κ1) is 20.2. The van der Waals surface area contributed by atoms with Crippen molar-refractivity contribution in [3.05, 3.63) is 76.3 Å². The number of hydrogen-bond donors (Lipinski definition) is 3. The molecule has 0 saturated carbocycles. The van der Waals surface area contributed by atoms with Crippen LogP contribution in [0.4, 0.5) is 16.2 Å². The Hall–Kier alpha value is -2.54. The van der Waals surface area contributed by atoms with E-state index < -0.39 is 6.03 Å². The van der Waals surface area contributed by atoms with Gasteiger partial charge >= 0.3 is 6.03 Å². The Labute approximate surface area is 174 Å². The maximum atomic E-state index is 12.2. The number of urea groups is 1. The number of halogens is 2. The van der Waals surface area contributed by atoms with Gasteiger partial charge < -0.3 is 16.5 Å². The van der Waals surface area contributed by atoms with Crippen LogP contribution < -0.4 is 16.4 Å². The minimum atomic E-state index is -0.561. The molecule has 1 atom stereocenters. The van der Waals surface area contributed by atoms with Crippen molar-refractivity contribution in [2.24, 2.45) is 11.5 Å². The third-order valence-electron chi connectivity index (χ3n) is 5.08. The van der Waals surface area contributed by atoms with E-state index in [0.29, 0.717) is 23.2 Å². The molecular weight excluding hydrogens is 397 g/mol. The summed E-state index contributed by atoms with van der Waals surface area (Å²) in [5.41, 5.74) is 17.1. The van der Waals surface area contributed by atoms with Gasteiger partial charge in [-0.3, -0.25) is 4.90 Å². The Morgan fingerprint density at radius 1 is 1.18 bits per heavy atom. The summed E-state index contributed by atoms with van der Waals surface area (Å²) in [4.78, 5) is 21.0. The molecule has 8 heteroatoms. The Bertz CT molecular complexity index is 990. The van der Waals surface area contributed by atoms with E-state index in [0.717, 1.165) is 29.8 Å². The predicted octanol–water partition coefficient (Wildman–Crippen LogP) is 4.04. The zero-order valence-corrected chi connectivity index (χ0v) is 16.6. The number of carbonyl (C=O) groups excluding carboxylic acids is 1. The molecule has 1 unspecified atom stereocenters. The monoisotopic (exact) mass is 417 g/mol. The van der Waals surface area contributed by atoms with Crippen LogP contribution in [0.25, 0.3) is 0 Å². The molecular formula is C20H21Cl2N5O. The third kappa shape index (κ3) is 3.71. The lowest BCUT2D eigenvalue weighted by Crippen LogP contribution is -2.31. The quantitative estimate of drug-likeness (QED) is 0.596. The number of hydrogen-bond acceptors (Lipinski definition) is 3. The highest BCUT2D eigenvalue weighted by atomic mass is 35.5. The van der Waals surface area contributed by atoms with Gasteiger partial charge in [0.05, 0.1) is 17.7 Å². The van der Waals surface area contributed by atoms with Crippen LogP contribution in [0.2, 0.25) is 5.02 Å². The molecule has 3 aromatic rings. The summed E-state index contributed by atoms with van der Waals surface area (Å²) in [7, 11) is 0. The van der Waals surface area contributed by atoms with Gasteiger partial charge in [0.2, 0.25) is 0 Å². The van der Waals surface area contributed by atoms with Gasteiger partial charge in [0.1, 0.15) is 0 Å². The standard InChI is InChI=1S/C20H20ClN5O.ClH/c21-18-8-17(4-2-13(18)9-22)26(20(23)27)16-3-1-12-5-15(6-14(12)7-16)19-10-24-11-25-19;/h1-4,7-8,10-11,15H,5-6,9,22H2,(H2,23,27)(H,24,25);1H. The minimum Gasteiger partial charge on any atom is -0.351 e. The number of benzene rings is 2. The van der Waals surface area contributed by atoms with Crippen LogP contribution >= 0.6 is 24.0 Å². The fourth-order valence-electron chi connectivity index (χ4n) is 3.70. The number of aromatic amines is 1. The number of nitrogens with two attached hydrogens (primary N) is 2. The molecule has 0 fully saturated rings. The second-order valence-electron chi connectivity index (χ2n) is 6.72. The summed E-state index contributed by atoms with van der Waals surface area (Å²) >= 11 is 6.27. The van der Waals surface area contributed by atoms with Crippen molar-refractivity contribution in [2.75, 3.05) is 4.90 Å². The Balaban J connectivity index is 0.00000225. The number of amides is 2. The topological polar surface area (TPSA) is 101 Å². The van der Waals surface area contributed by atoms with Gasteiger partial charge in [-0.05, 0) is 53.8 Å². The average molecular weight is 418 g/mol. The number of primary amides is 1. The molecule has 6 nitrogen and oxygen atoms in total. The van der Waals surface area contributed by atoms with E-state index in [1.54, 1.807) is 18.5 Å². The molecule has 1 aliphatic rings. The number of H-pyrrole nitrogens is 1. The summed E-state index contributed by atoms with van der Waals surface area (Å²) in [5, 5.41) is 0.515. The molecule has 2 amide bonds. The zero-order valence-electron chi connectivity index (χ0n) is 15.1. The lowest BCUT2D eigenvalue weighted by molar-refractivity contribution is 0.256. The number of carbonyl (C=O) groups is 1. The molecule has 1 heterocycles. The van der Waals surface area contributed by atoms with Gasteiger partial charge in [0, 0.05) is 29.4 Å². The molecule has 0 spiro atoms. The van der Waals surface area contributed by atoms with Gasteiger partial charge in [-0.15, -0.1) is 12.4 Å². The van der Waals surface area contributed by atoms with Crippen molar-refractivity contribution >= 4 is 41.4 Å². The van der Waals surface area contributed by atoms with E-state index in [9.17, 15) is 4.79 Å². The highest BCUT2D eigenvalue weighted by molar-refractivity contribution is 6.31. The number of nitrogens with one attached hydrogen (secondary N) is 1. The first-order chi connectivity index (χ1) is 13.1. The number of fused-ring (bicyclic) bond motifs is 1. The average Bonchev–Trinajstić information content (AvgIpc) is 3.31. The second-order valence-corrected chi connectivity index (χ2v) is 7.13. The van der Waals surface area contributed by atoms with Crippen LogP contribution in [0.5, 0.6) is 0 Å². The highest BCUT2D eigenvalue weighted by Gasteiger charge is 2.26. The SMILES string of the molecule is Cl.NCc1ccc(N(C(N)=O)c2ccc3c(c2)CC(c2cnc[nH]2)C3)cc1Cl. The zero-order chi connectivity index (χ0) is 19.0. The van der Waals surface area contributed by atoms with E-state index in [2.05, 4.69) is 16.0 Å². The van der Waals surface area contributed by atoms with Crippen molar-refractivity contribution < 1.29 is 4.79 Å². The summed E-state index contributed by atoms with van der Waals surface area (Å²) in [5.74, 6) is 0.373. The van der Waals surface area contributed by atoms with Gasteiger partial charge in [-0.2, -0.15) is 0 Å². The maximum Gasteiger partial charge on any atom is 0.323 e. The normalized spacial score (nSPS) is 15.0. The summed E-state index contributed by atoms with van der Waals surface area (Å²) in [6.45, 7) is 0.337. The fraction of sp³-hybridized carbons (Fsp3) is 0.200. The smallest absolute Gasteiger partial charge is 0.323 e. The molecule has 0 saturated heterocycles. The summed E-state index contributed by atoms with van der Waals surface area (Å²) in [6, 6.07) is 10.8. The molecule has 5 N–H and O–H groups in total. The molecule has 2 aromatic carbocycles. The van der Waals surface area contributed by atoms with Crippen molar-refractivity contribution in [1.29, 1.82) is 0 Å². The van der Waals surface area contributed by atoms with E-state index in [4.69, 9.17) is 23.1 Å². The van der Waals surface area contributed by atoms with Gasteiger partial charge in [0.25, 0.3) is 0 Å². The van der Waals surface area contributed by atoms with E-state index in [1.165, 1.54) is 16.0 Å². The van der Waals surface area contributed by atoms with Crippen LogP contribution in [-0.2, 0) is 19.4 Å². The number of rotatable bonds is 4. The van der Waals surface area contributed by atoms with Crippen molar-refractivity contribution in [2.45, 2.75) is 25.3 Å². The summed E-state index contributed by atoms with van der Waals surface area (Å²) in [6.07, 6.45) is 5.41. The Kier molecular flexibility index (Phi) is 5.93. The van der Waals surface area contributed by atoms with Gasteiger partial charge in [-0.1, -0.05) is 23.7 Å². The first-order valence-corrected chi connectivity index (χ1v) is 9.12. The first-order valence-electron chi connectivity index (χ1n) is 8.75. The second kappa shape index (κ2) is 8.22. The number of anilines is 2. The summed E-state index contributed by atoms with van der Waals surface area (Å²) < 4.78 is 0. The largest absolute Gasteiger partial charge is 0.351 e. The molecule has 1 aromatic heterocycles. The van der Waals surface area contributed by atoms with Crippen LogP contribution in [0.1, 0.15) is 28.3 Å². The Morgan fingerprint density at radius 2 is 1.89 bits per heavy atom. The van der Waals surface area contributed by atoms with Crippen molar-refractivity contribution in [3.63, 3.8) is 0 Å². The molecule has 146 valence electrons. The van der Waals surface area contributed by atoms with Crippen LogP contribution in [0.15, 0.2) is 48.9 Å². The van der Waals surface area contributed by atoms with Crippen LogP contribution in [0.3, 0.4) is 0 Å². The molecule has 1 aliphatic carbocycles. The van der Waals surface area contributed by atoms with Gasteiger partial charge in [-0.25, -0.2) is 9.78 Å². The third-order valence-corrected chi connectivity index (χ3v) is 5.43. The van der Waals surface area contributed by atoms with E-state index in [1.807, 2.05) is 24.4 Å². The van der Waals surface area contributed by atoms with Crippen LogP contribution in [0, 0.1) is 0 Å². The number of aromatic nitrogens is 2. The minimum absolute atomic E-state index is 0. The highest BCUT2D eigenvalue weighted by Crippen LogP contribution is 2.37. The lowest BCUT2D eigenvalue weighted by Gasteiger charge is -2.22. The number of imidazole rings is 1. The fourth-order valence-corrected chi connectivity index (χ4v) is 3.95. The molecule has 0 bridgehead atoms. The predicted molar refractivity (Wildman–Crippen MR) is 113 cm³/mol. The Morgan fingerprint density at radius 3 is 2.54 bits per heavy atom. The molecule has 0 aliphatic heterocycles. The van der Waals surface area contributed by atoms with E-state index in [-0.39, 0.29) is 12.4 Å². The van der Waals surface area contributed by atoms with Crippen molar-refractivity contribution in [3.8, 4) is 0 Å². The van der Waals surface area contributed by atoms with Crippen LogP contribution in [-0.4, -0.2) is 16.0 Å². The van der Waals surface area contributed by atoms with Crippen molar-refractivity contribution in [1.82, 2.24) is 9.97 Å².